The van der Waals surface area contributed by atoms with Gasteiger partial charge in [-0.15, -0.1) is 0 Å². The zero-order valence-corrected chi connectivity index (χ0v) is 41.4. The summed E-state index contributed by atoms with van der Waals surface area (Å²) >= 11 is 0. The number of hydrogen-bond acceptors (Lipinski definition) is 2. The molecule has 0 amide bonds. The van der Waals surface area contributed by atoms with E-state index in [-0.39, 0.29) is 0 Å². The monoisotopic (exact) mass is 896 g/mol. The first kappa shape index (κ1) is 44.1. The Labute approximate surface area is 396 Å². The Hall–Kier alpha value is -5.78. The van der Waals surface area contributed by atoms with Crippen molar-refractivity contribution in [2.45, 2.75) is 92.9 Å². The quantitative estimate of drug-likeness (QED) is 0.126. The lowest BCUT2D eigenvalue weighted by Gasteiger charge is -2.35. The van der Waals surface area contributed by atoms with Crippen molar-refractivity contribution in [2.75, 3.05) is 10.2 Å². The number of rotatable bonds is 11. The summed E-state index contributed by atoms with van der Waals surface area (Å²) < 4.78 is 0. The van der Waals surface area contributed by atoms with Crippen molar-refractivity contribution in [2.24, 2.45) is 0 Å². The average Bonchev–Trinajstić information content (AvgIpc) is 3.33. The van der Waals surface area contributed by atoms with Crippen LogP contribution in [0.2, 0.25) is 0 Å². The summed E-state index contributed by atoms with van der Waals surface area (Å²) in [5, 5.41) is 14.4. The second kappa shape index (κ2) is 19.2. The summed E-state index contributed by atoms with van der Waals surface area (Å²) in [6.45, 7) is 13.8. The summed E-state index contributed by atoms with van der Waals surface area (Å²) in [7, 11) is -2.04. The Bertz CT molecular complexity index is 2700. The van der Waals surface area contributed by atoms with Crippen LogP contribution in [0.5, 0.6) is 0 Å². The predicted molar refractivity (Wildman–Crippen MR) is 290 cm³/mol. The lowest BCUT2D eigenvalue weighted by molar-refractivity contribution is 0.682. The summed E-state index contributed by atoms with van der Waals surface area (Å²) in [6, 6.07) is 59.8. The SMILES string of the molecule is Cc1cc(C)c(-c2cc3c(c(-c4c5c(cc(-c6c(C)cc(C)cc6C)c4NP(c4ccccc4)c4ccccc4)CCCC5)c2NP(c2ccccc2)c2ccccc2)CCCC3)c(C)c1. The molecule has 0 aromatic heterocycles. The van der Waals surface area contributed by atoms with Gasteiger partial charge in [0.25, 0.3) is 0 Å². The zero-order valence-electron chi connectivity index (χ0n) is 39.6. The van der Waals surface area contributed by atoms with E-state index < -0.39 is 16.1 Å². The fraction of sp³-hybridized carbons (Fsp3) is 0.226. The van der Waals surface area contributed by atoms with Gasteiger partial charge in [0, 0.05) is 43.5 Å². The van der Waals surface area contributed by atoms with Crippen LogP contribution >= 0.6 is 16.1 Å². The van der Waals surface area contributed by atoms with Gasteiger partial charge in [0.1, 0.15) is 0 Å². The van der Waals surface area contributed by atoms with Crippen molar-refractivity contribution >= 4 is 48.7 Å². The van der Waals surface area contributed by atoms with E-state index in [4.69, 9.17) is 0 Å². The van der Waals surface area contributed by atoms with Gasteiger partial charge in [0.05, 0.1) is 27.5 Å². The molecule has 2 N–H and O–H groups in total. The van der Waals surface area contributed by atoms with Crippen molar-refractivity contribution in [1.82, 2.24) is 0 Å². The van der Waals surface area contributed by atoms with Crippen LogP contribution in [0.3, 0.4) is 0 Å². The van der Waals surface area contributed by atoms with E-state index in [0.29, 0.717) is 0 Å². The zero-order chi connectivity index (χ0) is 45.3. The van der Waals surface area contributed by atoms with Gasteiger partial charge >= 0.3 is 0 Å². The maximum atomic E-state index is 4.55. The topological polar surface area (TPSA) is 24.1 Å². The third kappa shape index (κ3) is 8.68. The minimum Gasteiger partial charge on any atom is -0.356 e. The minimum atomic E-state index is -1.02. The van der Waals surface area contributed by atoms with E-state index in [1.54, 1.807) is 0 Å². The number of nitrogens with one attached hydrogen (secondary N) is 2. The Morgan fingerprint density at radius 2 is 0.621 bits per heavy atom. The molecular weight excluding hydrogens is 835 g/mol. The van der Waals surface area contributed by atoms with Crippen molar-refractivity contribution in [1.29, 1.82) is 0 Å². The van der Waals surface area contributed by atoms with Crippen LogP contribution in [0.25, 0.3) is 33.4 Å². The third-order valence-corrected chi connectivity index (χ3v) is 18.1. The van der Waals surface area contributed by atoms with E-state index in [9.17, 15) is 0 Å². The largest absolute Gasteiger partial charge is 0.356 e. The van der Waals surface area contributed by atoms with Gasteiger partial charge in [-0.2, -0.15) is 0 Å². The summed E-state index contributed by atoms with van der Waals surface area (Å²) in [5.41, 5.74) is 24.8. The Kier molecular flexibility index (Phi) is 12.8. The first-order valence-electron chi connectivity index (χ1n) is 24.1. The first-order valence-corrected chi connectivity index (χ1v) is 26.8. The molecule has 0 radical (unpaired) electrons. The van der Waals surface area contributed by atoms with Crippen LogP contribution in [-0.4, -0.2) is 0 Å². The molecule has 2 nitrogen and oxygen atoms in total. The number of anilines is 2. The fourth-order valence-electron chi connectivity index (χ4n) is 11.3. The molecule has 0 fully saturated rings. The molecule has 8 aromatic carbocycles. The highest BCUT2D eigenvalue weighted by Crippen LogP contribution is 2.56. The number of fused-ring (bicyclic) bond motifs is 2. The molecule has 0 saturated heterocycles. The van der Waals surface area contributed by atoms with Crippen molar-refractivity contribution in [3.8, 4) is 33.4 Å². The molecule has 10 rings (SSSR count). The van der Waals surface area contributed by atoms with E-state index in [0.717, 1.165) is 25.7 Å². The van der Waals surface area contributed by atoms with Gasteiger partial charge in [-0.1, -0.05) is 157 Å². The molecule has 0 atom stereocenters. The van der Waals surface area contributed by atoms with Crippen molar-refractivity contribution < 1.29 is 0 Å². The highest BCUT2D eigenvalue weighted by atomic mass is 31.1. The molecule has 4 heteroatoms. The number of hydrogen-bond donors (Lipinski definition) is 2. The van der Waals surface area contributed by atoms with Crippen LogP contribution in [0.15, 0.2) is 158 Å². The Morgan fingerprint density at radius 1 is 0.333 bits per heavy atom. The van der Waals surface area contributed by atoms with Gasteiger partial charge in [-0.05, 0) is 161 Å². The second-order valence-corrected chi connectivity index (χ2v) is 22.7. The van der Waals surface area contributed by atoms with E-state index in [1.165, 1.54) is 147 Å². The third-order valence-electron chi connectivity index (χ3n) is 13.9. The summed E-state index contributed by atoms with van der Waals surface area (Å²) in [4.78, 5) is 0. The van der Waals surface area contributed by atoms with Gasteiger partial charge in [-0.3, -0.25) is 0 Å². The molecule has 0 saturated carbocycles. The second-order valence-electron chi connectivity index (χ2n) is 18.8. The molecular formula is C62H62N2P2. The molecule has 0 unspecified atom stereocenters. The minimum absolute atomic E-state index is 1.02. The fourth-order valence-corrected chi connectivity index (χ4v) is 15.2. The summed E-state index contributed by atoms with van der Waals surface area (Å²) in [6.07, 6.45) is 9.11. The smallest absolute Gasteiger partial charge is 0.0540 e. The van der Waals surface area contributed by atoms with E-state index in [2.05, 4.69) is 209 Å². The lowest BCUT2D eigenvalue weighted by Crippen LogP contribution is -2.21. The molecule has 0 spiro atoms. The van der Waals surface area contributed by atoms with Crippen LogP contribution in [0.1, 0.15) is 81.3 Å². The normalized spacial score (nSPS) is 13.4. The number of benzene rings is 8. The van der Waals surface area contributed by atoms with Crippen molar-refractivity contribution in [3.05, 3.63) is 213 Å². The molecule has 2 aliphatic rings. The van der Waals surface area contributed by atoms with E-state index in [1.807, 2.05) is 0 Å². The van der Waals surface area contributed by atoms with Crippen LogP contribution < -0.4 is 31.4 Å². The first-order chi connectivity index (χ1) is 32.2. The molecule has 330 valence electrons. The molecule has 0 heterocycles. The summed E-state index contributed by atoms with van der Waals surface area (Å²) in [5.74, 6) is 0. The Balaban J connectivity index is 1.38. The maximum Gasteiger partial charge on any atom is 0.0540 e. The van der Waals surface area contributed by atoms with E-state index >= 15 is 0 Å². The highest BCUT2D eigenvalue weighted by molar-refractivity contribution is 7.74. The molecule has 66 heavy (non-hydrogen) atoms. The van der Waals surface area contributed by atoms with Gasteiger partial charge in [0.2, 0.25) is 0 Å². The van der Waals surface area contributed by atoms with Gasteiger partial charge in [0.15, 0.2) is 0 Å². The molecule has 8 aromatic rings. The Morgan fingerprint density at radius 3 is 0.924 bits per heavy atom. The van der Waals surface area contributed by atoms with Gasteiger partial charge in [-0.25, -0.2) is 0 Å². The standard InChI is InChI=1S/C62H62N2P2/c1-41-35-43(3)57(44(4)36-41)55-39-47-23-19-21-33-53(47)59(61(55)63-65(49-25-11-7-12-26-49)50-27-13-8-14-28-50)60-54-34-22-20-24-48(54)40-56(58-45(5)37-42(2)38-46(58)6)62(60)64-66(51-29-15-9-16-30-51)52-31-17-10-18-32-52/h7-18,25-32,35-40,63-64H,19-24,33-34H2,1-6H3. The number of aryl methyl sites for hydroxylation is 8. The van der Waals surface area contributed by atoms with Crippen LogP contribution in [-0.2, 0) is 25.7 Å². The lowest BCUT2D eigenvalue weighted by atomic mass is 9.75. The van der Waals surface area contributed by atoms with Crippen LogP contribution in [0, 0.1) is 41.5 Å². The van der Waals surface area contributed by atoms with Crippen molar-refractivity contribution in [3.63, 3.8) is 0 Å². The molecule has 0 bridgehead atoms. The molecule has 2 aliphatic carbocycles. The van der Waals surface area contributed by atoms with Crippen LogP contribution in [0.4, 0.5) is 11.4 Å². The van der Waals surface area contributed by atoms with Gasteiger partial charge < -0.3 is 10.2 Å². The predicted octanol–water partition coefficient (Wildman–Crippen LogP) is 15.2. The highest BCUT2D eigenvalue weighted by Gasteiger charge is 2.33. The average molecular weight is 897 g/mol. The molecule has 0 aliphatic heterocycles. The maximum absolute atomic E-state index is 4.55.